The summed E-state index contributed by atoms with van der Waals surface area (Å²) < 4.78 is 27.2. The van der Waals surface area contributed by atoms with Crippen LogP contribution in [0.4, 0.5) is 0 Å². The number of rotatable bonds is 3. The van der Waals surface area contributed by atoms with Crippen LogP contribution in [-0.4, -0.2) is 19.8 Å². The molecule has 0 aliphatic carbocycles. The predicted octanol–water partition coefficient (Wildman–Crippen LogP) is 1.20. The number of halogens is 1. The molecule has 0 aliphatic heterocycles. The largest absolute Gasteiger partial charge is 0.472 e. The first-order valence-electron chi connectivity index (χ1n) is 3.17. The smallest absolute Gasteiger partial charge is 0.299 e. The van der Waals surface area contributed by atoms with Crippen molar-refractivity contribution in [2.45, 2.75) is 6.54 Å². The molecule has 0 aromatic carbocycles. The van der Waals surface area contributed by atoms with E-state index >= 15 is 0 Å². The zero-order valence-electron chi connectivity index (χ0n) is 6.40. The molecule has 0 amide bonds. The molecule has 0 aliphatic rings. The Labute approximate surface area is 75.3 Å². The highest BCUT2D eigenvalue weighted by Crippen LogP contribution is 2.09. The predicted molar refractivity (Wildman–Crippen MR) is 44.9 cm³/mol. The lowest BCUT2D eigenvalue weighted by Gasteiger charge is -2.09. The Bertz CT molecular complexity index is 332. The van der Waals surface area contributed by atoms with Crippen LogP contribution < -0.4 is 0 Å². The highest BCUT2D eigenvalue weighted by atomic mass is 35.7. The van der Waals surface area contributed by atoms with Gasteiger partial charge in [0, 0.05) is 29.8 Å². The van der Waals surface area contributed by atoms with E-state index < -0.39 is 9.24 Å². The van der Waals surface area contributed by atoms with Crippen LogP contribution in [0.1, 0.15) is 5.56 Å². The van der Waals surface area contributed by atoms with Crippen LogP contribution >= 0.6 is 10.7 Å². The van der Waals surface area contributed by atoms with Crippen LogP contribution in [0.3, 0.4) is 0 Å². The summed E-state index contributed by atoms with van der Waals surface area (Å²) in [6.07, 6.45) is 2.95. The monoisotopic (exact) mass is 209 g/mol. The Kier molecular flexibility index (Phi) is 2.76. The molecule has 0 spiro atoms. The maximum Gasteiger partial charge on any atom is 0.299 e. The molecule has 0 bridgehead atoms. The van der Waals surface area contributed by atoms with E-state index in [9.17, 15) is 8.42 Å². The first-order valence-corrected chi connectivity index (χ1v) is 5.44. The van der Waals surface area contributed by atoms with Gasteiger partial charge >= 0.3 is 0 Å². The summed E-state index contributed by atoms with van der Waals surface area (Å²) in [4.78, 5) is 0. The minimum atomic E-state index is -3.62. The number of hydrogen-bond acceptors (Lipinski definition) is 3. The molecule has 0 unspecified atom stereocenters. The topological polar surface area (TPSA) is 50.5 Å². The summed E-state index contributed by atoms with van der Waals surface area (Å²) in [5.41, 5.74) is 0.765. The highest BCUT2D eigenvalue weighted by Gasteiger charge is 2.13. The van der Waals surface area contributed by atoms with E-state index in [1.165, 1.54) is 19.6 Å². The summed E-state index contributed by atoms with van der Waals surface area (Å²) >= 11 is 0. The zero-order chi connectivity index (χ0) is 9.19. The van der Waals surface area contributed by atoms with Gasteiger partial charge in [-0.05, 0) is 6.07 Å². The lowest BCUT2D eigenvalue weighted by atomic mass is 10.3. The summed E-state index contributed by atoms with van der Waals surface area (Å²) in [7, 11) is 2.85. The molecule has 0 N–H and O–H groups in total. The Morgan fingerprint density at radius 1 is 1.67 bits per heavy atom. The molecule has 0 atom stereocenters. The van der Waals surface area contributed by atoms with Gasteiger partial charge in [0.1, 0.15) is 0 Å². The maximum absolute atomic E-state index is 10.7. The van der Waals surface area contributed by atoms with Crippen LogP contribution in [0.15, 0.2) is 23.0 Å². The SMILES string of the molecule is CN(Cc1ccoc1)S(=O)(=O)Cl. The van der Waals surface area contributed by atoms with Crippen molar-refractivity contribution in [2.24, 2.45) is 0 Å². The summed E-state index contributed by atoms with van der Waals surface area (Å²) in [5.74, 6) is 0. The van der Waals surface area contributed by atoms with Crippen molar-refractivity contribution in [2.75, 3.05) is 7.05 Å². The third-order valence-corrected chi connectivity index (χ3v) is 2.94. The maximum atomic E-state index is 10.7. The number of nitrogens with zero attached hydrogens (tertiary/aromatic N) is 1. The zero-order valence-corrected chi connectivity index (χ0v) is 7.97. The van der Waals surface area contributed by atoms with Gasteiger partial charge in [-0.25, -0.2) is 0 Å². The van der Waals surface area contributed by atoms with Gasteiger partial charge in [0.15, 0.2) is 0 Å². The van der Waals surface area contributed by atoms with Crippen molar-refractivity contribution in [3.05, 3.63) is 24.2 Å². The third kappa shape index (κ3) is 2.51. The van der Waals surface area contributed by atoms with Gasteiger partial charge in [-0.2, -0.15) is 12.7 Å². The van der Waals surface area contributed by atoms with Gasteiger partial charge in [0.2, 0.25) is 0 Å². The Morgan fingerprint density at radius 3 is 2.75 bits per heavy atom. The van der Waals surface area contributed by atoms with Crippen LogP contribution in [-0.2, 0) is 15.8 Å². The normalized spacial score (nSPS) is 12.2. The molecule has 6 heteroatoms. The third-order valence-electron chi connectivity index (χ3n) is 1.36. The number of hydrogen-bond donors (Lipinski definition) is 0. The van der Waals surface area contributed by atoms with Gasteiger partial charge < -0.3 is 4.42 Å². The molecule has 0 saturated carbocycles. The molecule has 0 radical (unpaired) electrons. The van der Waals surface area contributed by atoms with Crippen molar-refractivity contribution >= 4 is 19.9 Å². The second-order valence-electron chi connectivity index (χ2n) is 2.33. The van der Waals surface area contributed by atoms with Gasteiger partial charge in [-0.1, -0.05) is 0 Å². The summed E-state index contributed by atoms with van der Waals surface area (Å²) in [6.45, 7) is 0.225. The Morgan fingerprint density at radius 2 is 2.33 bits per heavy atom. The van der Waals surface area contributed by atoms with E-state index in [0.29, 0.717) is 0 Å². The molecular formula is C6H8ClNO3S. The van der Waals surface area contributed by atoms with E-state index in [-0.39, 0.29) is 6.54 Å². The summed E-state index contributed by atoms with van der Waals surface area (Å²) in [5, 5.41) is 0. The lowest BCUT2D eigenvalue weighted by Crippen LogP contribution is -2.21. The van der Waals surface area contributed by atoms with Crippen molar-refractivity contribution in [1.29, 1.82) is 0 Å². The van der Waals surface area contributed by atoms with Gasteiger partial charge in [-0.3, -0.25) is 0 Å². The van der Waals surface area contributed by atoms with Crippen molar-refractivity contribution < 1.29 is 12.8 Å². The second-order valence-corrected chi connectivity index (χ2v) is 4.95. The van der Waals surface area contributed by atoms with Crippen LogP contribution in [0.5, 0.6) is 0 Å². The first kappa shape index (κ1) is 9.57. The van der Waals surface area contributed by atoms with Crippen LogP contribution in [0, 0.1) is 0 Å². The van der Waals surface area contributed by atoms with E-state index in [1.807, 2.05) is 0 Å². The van der Waals surface area contributed by atoms with Crippen LogP contribution in [0.25, 0.3) is 0 Å². The van der Waals surface area contributed by atoms with Gasteiger partial charge in [0.05, 0.1) is 12.5 Å². The standard InChI is InChI=1S/C6H8ClNO3S/c1-8(12(7,9)10)4-6-2-3-11-5-6/h2-3,5H,4H2,1H3. The average Bonchev–Trinajstić information content (AvgIpc) is 2.37. The van der Waals surface area contributed by atoms with Crippen LogP contribution in [0.2, 0.25) is 0 Å². The molecule has 12 heavy (non-hydrogen) atoms. The fourth-order valence-corrected chi connectivity index (χ4v) is 1.17. The molecule has 0 saturated heterocycles. The van der Waals surface area contributed by atoms with Crippen molar-refractivity contribution in [3.8, 4) is 0 Å². The molecule has 68 valence electrons. The minimum Gasteiger partial charge on any atom is -0.472 e. The van der Waals surface area contributed by atoms with Gasteiger partial charge in [0.25, 0.3) is 9.24 Å². The minimum absolute atomic E-state index is 0.225. The fourth-order valence-electron chi connectivity index (χ4n) is 0.717. The molecule has 1 rings (SSSR count). The fraction of sp³-hybridized carbons (Fsp3) is 0.333. The molecule has 0 fully saturated rings. The quantitative estimate of drug-likeness (QED) is 0.703. The van der Waals surface area contributed by atoms with E-state index in [2.05, 4.69) is 0 Å². The molecule has 1 aromatic heterocycles. The molecular weight excluding hydrogens is 202 g/mol. The average molecular weight is 210 g/mol. The Balaban J connectivity index is 2.66. The molecule has 1 aromatic rings. The van der Waals surface area contributed by atoms with E-state index in [4.69, 9.17) is 15.1 Å². The van der Waals surface area contributed by atoms with E-state index in [1.54, 1.807) is 6.07 Å². The second kappa shape index (κ2) is 3.47. The Hall–Kier alpha value is -0.520. The number of furan rings is 1. The summed E-state index contributed by atoms with van der Waals surface area (Å²) in [6, 6.07) is 1.68. The lowest BCUT2D eigenvalue weighted by molar-refractivity contribution is 0.476. The van der Waals surface area contributed by atoms with E-state index in [0.717, 1.165) is 9.87 Å². The highest BCUT2D eigenvalue weighted by molar-refractivity contribution is 8.11. The molecule has 4 nitrogen and oxygen atoms in total. The first-order chi connectivity index (χ1) is 5.50. The molecule has 1 heterocycles. The van der Waals surface area contributed by atoms with Gasteiger partial charge in [-0.15, -0.1) is 0 Å². The van der Waals surface area contributed by atoms with Crippen molar-refractivity contribution in [1.82, 2.24) is 4.31 Å². The van der Waals surface area contributed by atoms with Crippen molar-refractivity contribution in [3.63, 3.8) is 0 Å².